The van der Waals surface area contributed by atoms with Crippen LogP contribution >= 0.6 is 0 Å². The smallest absolute Gasteiger partial charge is 0.232 e. The molecule has 0 radical (unpaired) electrons. The normalized spacial score (nSPS) is 11.3. The number of carbonyl (C=O) groups excluding carboxylic acids is 1. The van der Waals surface area contributed by atoms with E-state index in [0.29, 0.717) is 0 Å². The Morgan fingerprint density at radius 1 is 1.29 bits per heavy atom. The molecular weight excluding hydrogens is 212 g/mol. The summed E-state index contributed by atoms with van der Waals surface area (Å²) in [4.78, 5) is 14.2. The van der Waals surface area contributed by atoms with Gasteiger partial charge in [-0.05, 0) is 26.5 Å². The minimum atomic E-state index is -0.469. The summed E-state index contributed by atoms with van der Waals surface area (Å²) in [7, 11) is 3.74. The van der Waals surface area contributed by atoms with Gasteiger partial charge in [0.2, 0.25) is 5.91 Å². The van der Waals surface area contributed by atoms with Gasteiger partial charge in [-0.1, -0.05) is 30.3 Å². The summed E-state index contributed by atoms with van der Waals surface area (Å²) in [6, 6.07) is 9.91. The van der Waals surface area contributed by atoms with Crippen molar-refractivity contribution in [2.75, 3.05) is 27.2 Å². The third kappa shape index (κ3) is 3.30. The highest BCUT2D eigenvalue weighted by Gasteiger charge is 2.31. The van der Waals surface area contributed by atoms with Crippen LogP contribution < -0.4 is 5.32 Å². The maximum Gasteiger partial charge on any atom is 0.232 e. The molecule has 0 aliphatic carbocycles. The number of nitrogens with zero attached hydrogens (tertiary/aromatic N) is 1. The van der Waals surface area contributed by atoms with Crippen molar-refractivity contribution in [1.82, 2.24) is 10.2 Å². The van der Waals surface area contributed by atoms with Gasteiger partial charge in [-0.15, -0.1) is 0 Å². The van der Waals surface area contributed by atoms with Gasteiger partial charge in [0, 0.05) is 20.1 Å². The lowest BCUT2D eigenvalue weighted by Crippen LogP contribution is -2.43. The molecular formula is C14H22N2O. The van der Waals surface area contributed by atoms with Crippen LogP contribution in [0.15, 0.2) is 30.3 Å². The fourth-order valence-electron chi connectivity index (χ4n) is 1.84. The van der Waals surface area contributed by atoms with Crippen molar-refractivity contribution < 1.29 is 4.79 Å². The van der Waals surface area contributed by atoms with Crippen LogP contribution in [0.5, 0.6) is 0 Å². The van der Waals surface area contributed by atoms with E-state index in [0.717, 1.165) is 18.7 Å². The first kappa shape index (κ1) is 13.7. The molecule has 94 valence electrons. The second kappa shape index (κ2) is 5.82. The fraction of sp³-hybridized carbons (Fsp3) is 0.500. The van der Waals surface area contributed by atoms with Crippen LogP contribution in [0.3, 0.4) is 0 Å². The number of benzene rings is 1. The molecule has 17 heavy (non-hydrogen) atoms. The lowest BCUT2D eigenvalue weighted by Gasteiger charge is -2.29. The van der Waals surface area contributed by atoms with Crippen LogP contribution in [-0.4, -0.2) is 38.0 Å². The SMILES string of the molecule is CNCCN(C)C(=O)C(C)(C)c1ccccc1. The monoisotopic (exact) mass is 234 g/mol. The topological polar surface area (TPSA) is 32.3 Å². The van der Waals surface area contributed by atoms with E-state index in [4.69, 9.17) is 0 Å². The average Bonchev–Trinajstić information content (AvgIpc) is 2.36. The van der Waals surface area contributed by atoms with Crippen molar-refractivity contribution in [3.05, 3.63) is 35.9 Å². The van der Waals surface area contributed by atoms with Crippen molar-refractivity contribution in [3.8, 4) is 0 Å². The summed E-state index contributed by atoms with van der Waals surface area (Å²) in [6.45, 7) is 5.49. The van der Waals surface area contributed by atoms with Crippen LogP contribution in [0.4, 0.5) is 0 Å². The Morgan fingerprint density at radius 2 is 1.88 bits per heavy atom. The molecule has 1 rings (SSSR count). The largest absolute Gasteiger partial charge is 0.344 e. The quantitative estimate of drug-likeness (QED) is 0.840. The Hall–Kier alpha value is -1.35. The first-order valence-electron chi connectivity index (χ1n) is 5.96. The highest BCUT2D eigenvalue weighted by Crippen LogP contribution is 2.24. The lowest BCUT2D eigenvalue weighted by molar-refractivity contribution is -0.134. The number of rotatable bonds is 5. The summed E-state index contributed by atoms with van der Waals surface area (Å²) < 4.78 is 0. The molecule has 0 unspecified atom stereocenters. The molecule has 0 spiro atoms. The van der Waals surface area contributed by atoms with E-state index in [1.165, 1.54) is 0 Å². The molecule has 3 heteroatoms. The van der Waals surface area contributed by atoms with E-state index in [2.05, 4.69) is 5.32 Å². The van der Waals surface area contributed by atoms with Crippen molar-refractivity contribution in [3.63, 3.8) is 0 Å². The molecule has 1 amide bonds. The molecule has 1 aromatic rings. The van der Waals surface area contributed by atoms with Crippen LogP contribution in [-0.2, 0) is 10.2 Å². The Morgan fingerprint density at radius 3 is 2.41 bits per heavy atom. The molecule has 0 saturated carbocycles. The van der Waals surface area contributed by atoms with E-state index in [1.54, 1.807) is 4.90 Å². The molecule has 0 bridgehead atoms. The Kier molecular flexibility index (Phi) is 4.70. The molecule has 0 aromatic heterocycles. The minimum absolute atomic E-state index is 0.152. The van der Waals surface area contributed by atoms with E-state index < -0.39 is 5.41 Å². The van der Waals surface area contributed by atoms with Crippen molar-refractivity contribution in [2.45, 2.75) is 19.3 Å². The van der Waals surface area contributed by atoms with Gasteiger partial charge in [0.1, 0.15) is 0 Å². The molecule has 1 N–H and O–H groups in total. The third-order valence-electron chi connectivity index (χ3n) is 3.07. The summed E-state index contributed by atoms with van der Waals surface area (Å²) in [5.74, 6) is 0.152. The van der Waals surface area contributed by atoms with Crippen molar-refractivity contribution in [1.29, 1.82) is 0 Å². The molecule has 0 heterocycles. The van der Waals surface area contributed by atoms with Gasteiger partial charge >= 0.3 is 0 Å². The maximum absolute atomic E-state index is 12.4. The van der Waals surface area contributed by atoms with Crippen molar-refractivity contribution >= 4 is 5.91 Å². The van der Waals surface area contributed by atoms with Crippen LogP contribution in [0.25, 0.3) is 0 Å². The van der Waals surface area contributed by atoms with Crippen LogP contribution in [0, 0.1) is 0 Å². The van der Waals surface area contributed by atoms with Crippen molar-refractivity contribution in [2.24, 2.45) is 0 Å². The number of amides is 1. The van der Waals surface area contributed by atoms with Gasteiger partial charge in [0.05, 0.1) is 5.41 Å². The predicted octanol–water partition coefficient (Wildman–Crippen LogP) is 1.64. The zero-order valence-electron chi connectivity index (χ0n) is 11.2. The fourth-order valence-corrected chi connectivity index (χ4v) is 1.84. The molecule has 0 fully saturated rings. The van der Waals surface area contributed by atoms with E-state index in [9.17, 15) is 4.79 Å². The summed E-state index contributed by atoms with van der Waals surface area (Å²) >= 11 is 0. The van der Waals surface area contributed by atoms with Gasteiger partial charge in [-0.2, -0.15) is 0 Å². The molecule has 0 saturated heterocycles. The zero-order chi connectivity index (χ0) is 12.9. The minimum Gasteiger partial charge on any atom is -0.344 e. The zero-order valence-corrected chi connectivity index (χ0v) is 11.2. The van der Waals surface area contributed by atoms with E-state index >= 15 is 0 Å². The third-order valence-corrected chi connectivity index (χ3v) is 3.07. The Labute approximate surface area is 104 Å². The second-order valence-electron chi connectivity index (χ2n) is 4.82. The van der Waals surface area contributed by atoms with Gasteiger partial charge in [0.25, 0.3) is 0 Å². The number of likely N-dealkylation sites (N-methyl/N-ethyl adjacent to an activating group) is 2. The van der Waals surface area contributed by atoms with Crippen LogP contribution in [0.2, 0.25) is 0 Å². The van der Waals surface area contributed by atoms with Gasteiger partial charge in [-0.3, -0.25) is 4.79 Å². The molecule has 0 aliphatic rings. The van der Waals surface area contributed by atoms with Gasteiger partial charge in [0.15, 0.2) is 0 Å². The molecule has 0 aliphatic heterocycles. The average molecular weight is 234 g/mol. The van der Waals surface area contributed by atoms with Crippen LogP contribution in [0.1, 0.15) is 19.4 Å². The van der Waals surface area contributed by atoms with Gasteiger partial charge < -0.3 is 10.2 Å². The van der Waals surface area contributed by atoms with E-state index in [1.807, 2.05) is 58.3 Å². The number of nitrogens with one attached hydrogen (secondary N) is 1. The predicted molar refractivity (Wildman–Crippen MR) is 71.0 cm³/mol. The Bertz CT molecular complexity index is 360. The highest BCUT2D eigenvalue weighted by atomic mass is 16.2. The second-order valence-corrected chi connectivity index (χ2v) is 4.82. The summed E-state index contributed by atoms with van der Waals surface area (Å²) in [5, 5.41) is 3.05. The first-order chi connectivity index (χ1) is 8.00. The van der Waals surface area contributed by atoms with E-state index in [-0.39, 0.29) is 5.91 Å². The summed E-state index contributed by atoms with van der Waals surface area (Å²) in [6.07, 6.45) is 0. The first-order valence-corrected chi connectivity index (χ1v) is 5.96. The lowest BCUT2D eigenvalue weighted by atomic mass is 9.83. The molecule has 1 aromatic carbocycles. The summed E-state index contributed by atoms with van der Waals surface area (Å²) in [5.41, 5.74) is 0.588. The Balaban J connectivity index is 2.80. The molecule has 3 nitrogen and oxygen atoms in total. The molecule has 0 atom stereocenters. The maximum atomic E-state index is 12.4. The highest BCUT2D eigenvalue weighted by molar-refractivity contribution is 5.87. The van der Waals surface area contributed by atoms with Gasteiger partial charge in [-0.25, -0.2) is 0 Å². The number of carbonyl (C=O) groups is 1. The number of hydrogen-bond acceptors (Lipinski definition) is 2. The number of hydrogen-bond donors (Lipinski definition) is 1. The standard InChI is InChI=1S/C14H22N2O/c1-14(2,12-8-6-5-7-9-12)13(17)16(4)11-10-15-3/h5-9,15H,10-11H2,1-4H3.